The summed E-state index contributed by atoms with van der Waals surface area (Å²) in [6.45, 7) is 7.37. The molecule has 0 fully saturated rings. The second kappa shape index (κ2) is 5.69. The Labute approximate surface area is 107 Å². The third-order valence-corrected chi connectivity index (χ3v) is 2.89. The summed E-state index contributed by atoms with van der Waals surface area (Å²) in [5.74, 6) is 0. The zero-order chi connectivity index (χ0) is 12.2. The predicted octanol–water partition coefficient (Wildman–Crippen LogP) is 3.62. The average molecular weight is 285 g/mol. The van der Waals surface area contributed by atoms with Crippen LogP contribution in [-0.4, -0.2) is 12.6 Å². The van der Waals surface area contributed by atoms with Gasteiger partial charge in [0.2, 0.25) is 0 Å². The molecular formula is C13H21BrN2. The molecule has 1 aromatic carbocycles. The molecule has 1 unspecified atom stereocenters. The number of anilines is 1. The molecule has 0 saturated carbocycles. The summed E-state index contributed by atoms with van der Waals surface area (Å²) in [4.78, 5) is 0. The molecule has 2 nitrogen and oxygen atoms in total. The van der Waals surface area contributed by atoms with Gasteiger partial charge >= 0.3 is 0 Å². The Morgan fingerprint density at radius 3 is 2.25 bits per heavy atom. The Hall–Kier alpha value is -0.540. The number of hydrogen-bond acceptors (Lipinski definition) is 2. The Balaban J connectivity index is 2.60. The van der Waals surface area contributed by atoms with E-state index >= 15 is 0 Å². The molecule has 3 N–H and O–H groups in total. The summed E-state index contributed by atoms with van der Waals surface area (Å²) in [5.41, 5.74) is 7.21. The van der Waals surface area contributed by atoms with Crippen LogP contribution in [0.25, 0.3) is 0 Å². The molecule has 0 amide bonds. The van der Waals surface area contributed by atoms with E-state index in [4.69, 9.17) is 5.73 Å². The fourth-order valence-corrected chi connectivity index (χ4v) is 1.98. The van der Waals surface area contributed by atoms with E-state index in [1.165, 1.54) is 0 Å². The molecule has 3 heteroatoms. The smallest absolute Gasteiger partial charge is 0.0388 e. The van der Waals surface area contributed by atoms with Crippen LogP contribution in [-0.2, 0) is 0 Å². The molecule has 1 aromatic rings. The summed E-state index contributed by atoms with van der Waals surface area (Å²) < 4.78 is 1.10. The van der Waals surface area contributed by atoms with Gasteiger partial charge in [-0.15, -0.1) is 0 Å². The first-order valence-corrected chi connectivity index (χ1v) is 6.42. The van der Waals surface area contributed by atoms with Gasteiger partial charge in [-0.05, 0) is 36.1 Å². The number of nitrogens with one attached hydrogen (secondary N) is 1. The van der Waals surface area contributed by atoms with Crippen molar-refractivity contribution in [2.45, 2.75) is 33.2 Å². The van der Waals surface area contributed by atoms with Crippen molar-refractivity contribution in [3.8, 4) is 0 Å². The van der Waals surface area contributed by atoms with Crippen LogP contribution in [0.15, 0.2) is 28.7 Å². The number of benzene rings is 1. The first-order valence-electron chi connectivity index (χ1n) is 5.63. The fraction of sp³-hybridized carbons (Fsp3) is 0.538. The number of rotatable bonds is 4. The SMILES string of the molecule is CC(C)(C)CC(CN)Nc1ccc(Br)cc1. The Morgan fingerprint density at radius 2 is 1.81 bits per heavy atom. The number of hydrogen-bond donors (Lipinski definition) is 2. The fourth-order valence-electron chi connectivity index (χ4n) is 1.71. The van der Waals surface area contributed by atoms with E-state index in [1.54, 1.807) is 0 Å². The van der Waals surface area contributed by atoms with Gasteiger partial charge < -0.3 is 11.1 Å². The van der Waals surface area contributed by atoms with Crippen molar-refractivity contribution in [1.29, 1.82) is 0 Å². The highest BCUT2D eigenvalue weighted by Crippen LogP contribution is 2.23. The zero-order valence-corrected chi connectivity index (χ0v) is 11.8. The summed E-state index contributed by atoms with van der Waals surface area (Å²) >= 11 is 3.43. The topological polar surface area (TPSA) is 38.0 Å². The van der Waals surface area contributed by atoms with Crippen molar-refractivity contribution in [1.82, 2.24) is 0 Å². The van der Waals surface area contributed by atoms with Crippen molar-refractivity contribution < 1.29 is 0 Å². The van der Waals surface area contributed by atoms with E-state index in [0.717, 1.165) is 16.6 Å². The molecule has 16 heavy (non-hydrogen) atoms. The van der Waals surface area contributed by atoms with Crippen molar-refractivity contribution in [2.24, 2.45) is 11.1 Å². The molecule has 90 valence electrons. The predicted molar refractivity (Wildman–Crippen MR) is 74.7 cm³/mol. The largest absolute Gasteiger partial charge is 0.381 e. The van der Waals surface area contributed by atoms with Crippen LogP contribution in [0, 0.1) is 5.41 Å². The minimum Gasteiger partial charge on any atom is -0.381 e. The first-order chi connectivity index (χ1) is 7.40. The lowest BCUT2D eigenvalue weighted by Crippen LogP contribution is -2.32. The highest BCUT2D eigenvalue weighted by atomic mass is 79.9. The highest BCUT2D eigenvalue weighted by Gasteiger charge is 2.17. The lowest BCUT2D eigenvalue weighted by molar-refractivity contribution is 0.351. The second-order valence-electron chi connectivity index (χ2n) is 5.35. The average Bonchev–Trinajstić information content (AvgIpc) is 2.18. The van der Waals surface area contributed by atoms with E-state index in [1.807, 2.05) is 12.1 Å². The number of nitrogens with two attached hydrogens (primary N) is 1. The summed E-state index contributed by atoms with van der Waals surface area (Å²) in [6.07, 6.45) is 1.07. The Kier molecular flexibility index (Phi) is 4.81. The van der Waals surface area contributed by atoms with Crippen molar-refractivity contribution >= 4 is 21.6 Å². The van der Waals surface area contributed by atoms with Crippen molar-refractivity contribution in [3.05, 3.63) is 28.7 Å². The second-order valence-corrected chi connectivity index (χ2v) is 6.26. The lowest BCUT2D eigenvalue weighted by atomic mass is 9.88. The molecule has 1 rings (SSSR count). The maximum Gasteiger partial charge on any atom is 0.0388 e. The molecule has 0 radical (unpaired) electrons. The summed E-state index contributed by atoms with van der Waals surface area (Å²) in [5, 5.41) is 3.47. The highest BCUT2D eigenvalue weighted by molar-refractivity contribution is 9.10. The number of halogens is 1. The van der Waals surface area contributed by atoms with E-state index in [-0.39, 0.29) is 0 Å². The Bertz CT molecular complexity index is 314. The van der Waals surface area contributed by atoms with E-state index in [0.29, 0.717) is 18.0 Å². The molecule has 1 atom stereocenters. The van der Waals surface area contributed by atoms with Gasteiger partial charge in [-0.25, -0.2) is 0 Å². The van der Waals surface area contributed by atoms with Gasteiger partial charge in [0.25, 0.3) is 0 Å². The van der Waals surface area contributed by atoms with Crippen molar-refractivity contribution in [3.63, 3.8) is 0 Å². The molecule has 0 heterocycles. The normalized spacial score (nSPS) is 13.6. The molecule has 0 aliphatic rings. The van der Waals surface area contributed by atoms with Gasteiger partial charge in [0.1, 0.15) is 0 Å². The van der Waals surface area contributed by atoms with E-state index in [9.17, 15) is 0 Å². The van der Waals surface area contributed by atoms with Crippen LogP contribution in [0.3, 0.4) is 0 Å². The van der Waals surface area contributed by atoms with Gasteiger partial charge in [0.15, 0.2) is 0 Å². The van der Waals surface area contributed by atoms with Crippen LogP contribution in [0.4, 0.5) is 5.69 Å². The maximum atomic E-state index is 5.79. The van der Waals surface area contributed by atoms with Gasteiger partial charge in [0.05, 0.1) is 0 Å². The van der Waals surface area contributed by atoms with Gasteiger partial charge in [-0.2, -0.15) is 0 Å². The minimum atomic E-state index is 0.298. The van der Waals surface area contributed by atoms with Crippen LogP contribution < -0.4 is 11.1 Å². The molecule has 0 spiro atoms. The van der Waals surface area contributed by atoms with Crippen LogP contribution in [0.1, 0.15) is 27.2 Å². The van der Waals surface area contributed by atoms with Crippen LogP contribution in [0.2, 0.25) is 0 Å². The molecule has 0 aromatic heterocycles. The monoisotopic (exact) mass is 284 g/mol. The van der Waals surface area contributed by atoms with Gasteiger partial charge in [0, 0.05) is 22.7 Å². The molecule has 0 saturated heterocycles. The molecule has 0 aliphatic heterocycles. The van der Waals surface area contributed by atoms with E-state index in [2.05, 4.69) is 54.2 Å². The van der Waals surface area contributed by atoms with Crippen LogP contribution >= 0.6 is 15.9 Å². The molecule has 0 bridgehead atoms. The lowest BCUT2D eigenvalue weighted by Gasteiger charge is -2.26. The Morgan fingerprint density at radius 1 is 1.25 bits per heavy atom. The third-order valence-electron chi connectivity index (χ3n) is 2.36. The minimum absolute atomic E-state index is 0.298. The maximum absolute atomic E-state index is 5.79. The molecular weight excluding hydrogens is 264 g/mol. The van der Waals surface area contributed by atoms with Crippen LogP contribution in [0.5, 0.6) is 0 Å². The third kappa shape index (κ3) is 4.99. The summed E-state index contributed by atoms with van der Waals surface area (Å²) in [7, 11) is 0. The molecule has 0 aliphatic carbocycles. The first kappa shape index (κ1) is 13.5. The zero-order valence-electron chi connectivity index (χ0n) is 10.3. The van der Waals surface area contributed by atoms with E-state index < -0.39 is 0 Å². The van der Waals surface area contributed by atoms with Gasteiger partial charge in [-0.1, -0.05) is 36.7 Å². The quantitative estimate of drug-likeness (QED) is 0.886. The van der Waals surface area contributed by atoms with Crippen molar-refractivity contribution in [2.75, 3.05) is 11.9 Å². The van der Waals surface area contributed by atoms with Gasteiger partial charge in [-0.3, -0.25) is 0 Å². The standard InChI is InChI=1S/C13H21BrN2/c1-13(2,3)8-12(9-15)16-11-6-4-10(14)5-7-11/h4-7,12,16H,8-9,15H2,1-3H3. The summed E-state index contributed by atoms with van der Waals surface area (Å²) in [6, 6.07) is 8.53.